The molecule has 3 heteroatoms. The van der Waals surface area contributed by atoms with Crippen LogP contribution in [-0.4, -0.2) is 26.8 Å². The second-order valence-corrected chi connectivity index (χ2v) is 4.95. The topological polar surface area (TPSA) is 21.3 Å². The molecule has 1 saturated heterocycles. The van der Waals surface area contributed by atoms with Crippen LogP contribution < -0.4 is 5.32 Å². The monoisotopic (exact) mass is 237 g/mol. The van der Waals surface area contributed by atoms with Gasteiger partial charge in [-0.3, -0.25) is 0 Å². The number of hydrogen-bond acceptors (Lipinski definition) is 2. The molecule has 17 heavy (non-hydrogen) atoms. The van der Waals surface area contributed by atoms with Crippen molar-refractivity contribution in [3.63, 3.8) is 0 Å². The van der Waals surface area contributed by atoms with E-state index in [-0.39, 0.29) is 11.2 Å². The highest BCUT2D eigenvalue weighted by atomic mass is 19.1. The molecule has 0 unspecified atom stereocenters. The Labute approximate surface area is 102 Å². The predicted molar refractivity (Wildman–Crippen MR) is 66.5 cm³/mol. The van der Waals surface area contributed by atoms with E-state index >= 15 is 0 Å². The maximum absolute atomic E-state index is 12.9. The summed E-state index contributed by atoms with van der Waals surface area (Å²) in [5.74, 6) is -0.164. The lowest BCUT2D eigenvalue weighted by Crippen LogP contribution is -2.39. The molecule has 0 bridgehead atoms. The maximum atomic E-state index is 12.9. The fourth-order valence-corrected chi connectivity index (χ4v) is 2.63. The third kappa shape index (κ3) is 3.27. The molecule has 0 aromatic heterocycles. The van der Waals surface area contributed by atoms with E-state index in [4.69, 9.17) is 4.74 Å². The minimum Gasteiger partial charge on any atom is -0.381 e. The molecule has 0 saturated carbocycles. The Kier molecular flexibility index (Phi) is 4.13. The van der Waals surface area contributed by atoms with Crippen molar-refractivity contribution in [2.24, 2.45) is 5.41 Å². The van der Waals surface area contributed by atoms with Crippen molar-refractivity contribution in [3.05, 3.63) is 35.6 Å². The van der Waals surface area contributed by atoms with E-state index in [1.807, 2.05) is 19.2 Å². The molecular weight excluding hydrogens is 217 g/mol. The van der Waals surface area contributed by atoms with Crippen molar-refractivity contribution in [1.82, 2.24) is 5.32 Å². The van der Waals surface area contributed by atoms with Crippen LogP contribution in [-0.2, 0) is 11.2 Å². The van der Waals surface area contributed by atoms with Crippen LogP contribution in [0, 0.1) is 11.2 Å². The Balaban J connectivity index is 2.08. The molecule has 0 atom stereocenters. The largest absolute Gasteiger partial charge is 0.381 e. The highest BCUT2D eigenvalue weighted by Gasteiger charge is 2.31. The zero-order valence-electron chi connectivity index (χ0n) is 10.3. The van der Waals surface area contributed by atoms with Gasteiger partial charge in [0.1, 0.15) is 5.82 Å². The quantitative estimate of drug-likeness (QED) is 0.868. The van der Waals surface area contributed by atoms with Crippen LogP contribution in [0.2, 0.25) is 0 Å². The van der Waals surface area contributed by atoms with Gasteiger partial charge in [0.05, 0.1) is 0 Å². The van der Waals surface area contributed by atoms with Gasteiger partial charge < -0.3 is 10.1 Å². The number of nitrogens with one attached hydrogen (secondary N) is 1. The number of hydrogen-bond donors (Lipinski definition) is 1. The summed E-state index contributed by atoms with van der Waals surface area (Å²) in [6.45, 7) is 2.67. The van der Waals surface area contributed by atoms with Crippen LogP contribution in [0.5, 0.6) is 0 Å². The molecule has 0 spiro atoms. The van der Waals surface area contributed by atoms with Gasteiger partial charge in [-0.2, -0.15) is 0 Å². The molecule has 1 aromatic rings. The van der Waals surface area contributed by atoms with Gasteiger partial charge >= 0.3 is 0 Å². The highest BCUT2D eigenvalue weighted by Crippen LogP contribution is 2.33. The van der Waals surface area contributed by atoms with Gasteiger partial charge in [0.25, 0.3) is 0 Å². The number of benzene rings is 1. The van der Waals surface area contributed by atoms with Crippen molar-refractivity contribution in [3.8, 4) is 0 Å². The highest BCUT2D eigenvalue weighted by molar-refractivity contribution is 5.18. The van der Waals surface area contributed by atoms with E-state index in [9.17, 15) is 4.39 Å². The SMILES string of the molecule is CNCC1(Cc2ccc(F)cc2)CCOCC1. The molecule has 0 aliphatic carbocycles. The molecule has 1 N–H and O–H groups in total. The fourth-order valence-electron chi connectivity index (χ4n) is 2.63. The first-order valence-corrected chi connectivity index (χ1v) is 6.21. The van der Waals surface area contributed by atoms with Crippen LogP contribution in [0.1, 0.15) is 18.4 Å². The van der Waals surface area contributed by atoms with Crippen molar-refractivity contribution >= 4 is 0 Å². The zero-order chi connectivity index (χ0) is 12.1. The molecule has 1 aliphatic heterocycles. The number of halogens is 1. The van der Waals surface area contributed by atoms with E-state index < -0.39 is 0 Å². The Bertz CT molecular complexity index is 338. The lowest BCUT2D eigenvalue weighted by molar-refractivity contribution is 0.0158. The van der Waals surface area contributed by atoms with Crippen molar-refractivity contribution in [2.45, 2.75) is 19.3 Å². The van der Waals surface area contributed by atoms with Gasteiger partial charge in [-0.05, 0) is 49.4 Å². The molecular formula is C14H20FNO. The predicted octanol–water partition coefficient (Wildman–Crippen LogP) is 2.38. The second kappa shape index (κ2) is 5.61. The minimum atomic E-state index is -0.164. The van der Waals surface area contributed by atoms with Crippen LogP contribution in [0.15, 0.2) is 24.3 Å². The summed E-state index contributed by atoms with van der Waals surface area (Å²) in [5, 5.41) is 3.28. The molecule has 0 radical (unpaired) electrons. The lowest BCUT2D eigenvalue weighted by Gasteiger charge is -2.37. The average Bonchev–Trinajstić information content (AvgIpc) is 2.34. The summed E-state index contributed by atoms with van der Waals surface area (Å²) in [4.78, 5) is 0. The summed E-state index contributed by atoms with van der Waals surface area (Å²) < 4.78 is 18.3. The van der Waals surface area contributed by atoms with Crippen molar-refractivity contribution in [1.29, 1.82) is 0 Å². The van der Waals surface area contributed by atoms with Gasteiger partial charge in [0.2, 0.25) is 0 Å². The van der Waals surface area contributed by atoms with Crippen LogP contribution in [0.4, 0.5) is 4.39 Å². The summed E-state index contributed by atoms with van der Waals surface area (Å²) in [7, 11) is 1.99. The fraction of sp³-hybridized carbons (Fsp3) is 0.571. The van der Waals surface area contributed by atoms with E-state index in [1.165, 1.54) is 5.56 Å². The normalized spacial score (nSPS) is 19.2. The van der Waals surface area contributed by atoms with Gasteiger partial charge in [-0.1, -0.05) is 12.1 Å². The summed E-state index contributed by atoms with van der Waals surface area (Å²) in [6, 6.07) is 6.87. The Hall–Kier alpha value is -0.930. The first-order chi connectivity index (χ1) is 8.24. The smallest absolute Gasteiger partial charge is 0.123 e. The van der Waals surface area contributed by atoms with E-state index in [1.54, 1.807) is 12.1 Å². The first kappa shape index (κ1) is 12.5. The summed E-state index contributed by atoms with van der Waals surface area (Å²) in [5.41, 5.74) is 1.48. The van der Waals surface area contributed by atoms with E-state index in [0.717, 1.165) is 39.0 Å². The molecule has 2 nitrogen and oxygen atoms in total. The molecule has 0 amide bonds. The van der Waals surface area contributed by atoms with Gasteiger partial charge in [0, 0.05) is 19.8 Å². The third-order valence-corrected chi connectivity index (χ3v) is 3.60. The number of ether oxygens (including phenoxy) is 1. The van der Waals surface area contributed by atoms with Crippen molar-refractivity contribution in [2.75, 3.05) is 26.8 Å². The van der Waals surface area contributed by atoms with E-state index in [2.05, 4.69) is 5.32 Å². The average molecular weight is 237 g/mol. The third-order valence-electron chi connectivity index (χ3n) is 3.60. The van der Waals surface area contributed by atoms with Gasteiger partial charge in [0.15, 0.2) is 0 Å². The lowest BCUT2D eigenvalue weighted by atomic mass is 9.75. The molecule has 1 aromatic carbocycles. The Morgan fingerprint density at radius 3 is 2.47 bits per heavy atom. The number of rotatable bonds is 4. The van der Waals surface area contributed by atoms with Gasteiger partial charge in [-0.15, -0.1) is 0 Å². The van der Waals surface area contributed by atoms with Crippen LogP contribution in [0.25, 0.3) is 0 Å². The molecule has 2 rings (SSSR count). The molecule has 1 aliphatic rings. The molecule has 1 fully saturated rings. The zero-order valence-corrected chi connectivity index (χ0v) is 10.3. The van der Waals surface area contributed by atoms with Crippen LogP contribution in [0.3, 0.4) is 0 Å². The standard InChI is InChI=1S/C14H20FNO/c1-16-11-14(6-8-17-9-7-14)10-12-2-4-13(15)5-3-12/h2-5,16H,6-11H2,1H3. The maximum Gasteiger partial charge on any atom is 0.123 e. The Morgan fingerprint density at radius 2 is 1.88 bits per heavy atom. The van der Waals surface area contributed by atoms with Gasteiger partial charge in [-0.25, -0.2) is 4.39 Å². The van der Waals surface area contributed by atoms with Crippen LogP contribution >= 0.6 is 0 Å². The summed E-state index contributed by atoms with van der Waals surface area (Å²) in [6.07, 6.45) is 3.15. The first-order valence-electron chi connectivity index (χ1n) is 6.21. The minimum absolute atomic E-state index is 0.164. The molecule has 1 heterocycles. The second-order valence-electron chi connectivity index (χ2n) is 4.95. The summed E-state index contributed by atoms with van der Waals surface area (Å²) >= 11 is 0. The van der Waals surface area contributed by atoms with E-state index in [0.29, 0.717) is 0 Å². The Morgan fingerprint density at radius 1 is 1.24 bits per heavy atom. The molecule has 94 valence electrons. The van der Waals surface area contributed by atoms with Crippen molar-refractivity contribution < 1.29 is 9.13 Å².